The number of ether oxygens (including phenoxy) is 3. The summed E-state index contributed by atoms with van der Waals surface area (Å²) < 4.78 is 16.9. The van der Waals surface area contributed by atoms with E-state index in [0.29, 0.717) is 19.3 Å². The number of carbonyl (C=O) groups is 3. The van der Waals surface area contributed by atoms with Crippen LogP contribution in [0.3, 0.4) is 0 Å². The Kier molecular flexibility index (Phi) is 55.7. The third kappa shape index (κ3) is 56.2. The van der Waals surface area contributed by atoms with Crippen molar-refractivity contribution in [2.45, 2.75) is 322 Å². The Balaban J connectivity index is 4.41. The molecule has 0 N–H and O–H groups in total. The Morgan fingerprint density at radius 1 is 0.290 bits per heavy atom. The van der Waals surface area contributed by atoms with E-state index in [1.165, 1.54) is 205 Å². The summed E-state index contributed by atoms with van der Waals surface area (Å²) in [7, 11) is 0. The molecule has 402 valence electrons. The standard InChI is InChI=1S/C63H114O6/c1-4-7-10-13-16-19-22-25-28-31-34-37-40-43-46-49-52-55-61(64)67-58-60(69-63(66)57-54-51-48-45-42-39-36-33-30-27-24-21-18-15-12-9-6-3)59-68-62(65)56-53-50-47-44-41-38-35-32-29-26-23-20-17-14-11-8-5-2/h16,19,25,28,34,37,43,46,60H,4-15,17-18,20-24,26-27,29-33,35-36,38-42,44-45,47-59H2,1-3H3/b19-16-,28-25-,37-34-,46-43-/t60-/m0/s1. The molecule has 6 heteroatoms. The van der Waals surface area contributed by atoms with Crippen LogP contribution in [0.4, 0.5) is 0 Å². The van der Waals surface area contributed by atoms with E-state index in [2.05, 4.69) is 69.4 Å². The maximum atomic E-state index is 12.9. The molecule has 0 radical (unpaired) electrons. The predicted molar refractivity (Wildman–Crippen MR) is 298 cm³/mol. The van der Waals surface area contributed by atoms with Crippen LogP contribution >= 0.6 is 0 Å². The van der Waals surface area contributed by atoms with Crippen LogP contribution in [0, 0.1) is 0 Å². The lowest BCUT2D eigenvalue weighted by atomic mass is 10.0. The lowest BCUT2D eigenvalue weighted by Gasteiger charge is -2.18. The van der Waals surface area contributed by atoms with Crippen molar-refractivity contribution in [1.82, 2.24) is 0 Å². The fraction of sp³-hybridized carbons (Fsp3) is 0.825. The van der Waals surface area contributed by atoms with Gasteiger partial charge in [-0.05, 0) is 57.8 Å². The van der Waals surface area contributed by atoms with Gasteiger partial charge in [-0.3, -0.25) is 14.4 Å². The predicted octanol–water partition coefficient (Wildman–Crippen LogP) is 20.2. The van der Waals surface area contributed by atoms with E-state index in [1.807, 2.05) is 0 Å². The summed E-state index contributed by atoms with van der Waals surface area (Å²) in [5, 5.41) is 0. The monoisotopic (exact) mass is 967 g/mol. The van der Waals surface area contributed by atoms with Gasteiger partial charge in [0.05, 0.1) is 0 Å². The first kappa shape index (κ1) is 66.4. The molecule has 1 atom stereocenters. The maximum absolute atomic E-state index is 12.9. The van der Waals surface area contributed by atoms with Crippen LogP contribution in [0.5, 0.6) is 0 Å². The van der Waals surface area contributed by atoms with Gasteiger partial charge in [0.15, 0.2) is 6.10 Å². The van der Waals surface area contributed by atoms with Crippen molar-refractivity contribution in [3.63, 3.8) is 0 Å². The summed E-state index contributed by atoms with van der Waals surface area (Å²) in [6.07, 6.45) is 71.1. The summed E-state index contributed by atoms with van der Waals surface area (Å²) in [5.74, 6) is -0.924. The van der Waals surface area contributed by atoms with Crippen LogP contribution in [0.25, 0.3) is 0 Å². The Labute approximate surface area is 428 Å². The average Bonchev–Trinajstić information content (AvgIpc) is 3.35. The third-order valence-electron chi connectivity index (χ3n) is 13.3. The highest BCUT2D eigenvalue weighted by Crippen LogP contribution is 2.17. The molecule has 0 aromatic rings. The zero-order valence-electron chi connectivity index (χ0n) is 46.1. The zero-order chi connectivity index (χ0) is 50.0. The number of unbranched alkanes of at least 4 members (excludes halogenated alkanes) is 36. The number of rotatable bonds is 55. The molecular weight excluding hydrogens is 853 g/mol. The van der Waals surface area contributed by atoms with Gasteiger partial charge in [0.2, 0.25) is 0 Å². The molecule has 69 heavy (non-hydrogen) atoms. The summed E-state index contributed by atoms with van der Waals surface area (Å²) >= 11 is 0. The number of hydrogen-bond acceptors (Lipinski definition) is 6. The first-order chi connectivity index (χ1) is 34.0. The third-order valence-corrected chi connectivity index (χ3v) is 13.3. The fourth-order valence-corrected chi connectivity index (χ4v) is 8.79. The van der Waals surface area contributed by atoms with Crippen LogP contribution in [0.1, 0.15) is 316 Å². The molecule has 0 saturated carbocycles. The van der Waals surface area contributed by atoms with E-state index >= 15 is 0 Å². The van der Waals surface area contributed by atoms with Crippen molar-refractivity contribution in [3.8, 4) is 0 Å². The molecule has 0 aromatic carbocycles. The lowest BCUT2D eigenvalue weighted by molar-refractivity contribution is -0.167. The van der Waals surface area contributed by atoms with E-state index in [1.54, 1.807) is 0 Å². The second kappa shape index (κ2) is 57.9. The van der Waals surface area contributed by atoms with Crippen LogP contribution in [-0.4, -0.2) is 37.2 Å². The Hall–Kier alpha value is -2.63. The van der Waals surface area contributed by atoms with Crippen molar-refractivity contribution < 1.29 is 28.6 Å². The van der Waals surface area contributed by atoms with Crippen molar-refractivity contribution in [1.29, 1.82) is 0 Å². The second-order valence-corrected chi connectivity index (χ2v) is 20.3. The molecule has 0 aliphatic heterocycles. The average molecular weight is 968 g/mol. The Bertz CT molecular complexity index is 1200. The highest BCUT2D eigenvalue weighted by atomic mass is 16.6. The molecule has 0 unspecified atom stereocenters. The lowest BCUT2D eigenvalue weighted by Crippen LogP contribution is -2.30. The van der Waals surface area contributed by atoms with Gasteiger partial charge in [-0.2, -0.15) is 0 Å². The quantitative estimate of drug-likeness (QED) is 0.0262. The van der Waals surface area contributed by atoms with E-state index in [4.69, 9.17) is 14.2 Å². The van der Waals surface area contributed by atoms with Crippen LogP contribution in [-0.2, 0) is 28.6 Å². The van der Waals surface area contributed by atoms with Crippen molar-refractivity contribution in [3.05, 3.63) is 48.6 Å². The van der Waals surface area contributed by atoms with Crippen LogP contribution in [0.2, 0.25) is 0 Å². The Morgan fingerprint density at radius 3 is 0.870 bits per heavy atom. The van der Waals surface area contributed by atoms with Crippen molar-refractivity contribution in [2.75, 3.05) is 13.2 Å². The molecule has 0 saturated heterocycles. The molecular formula is C63H114O6. The van der Waals surface area contributed by atoms with E-state index < -0.39 is 6.10 Å². The SMILES string of the molecule is CCCCC/C=C\C/C=C\C/C=C\C/C=C\CCCC(=O)OC[C@@H](COC(=O)CCCCCCCCCCCCCCCCCCC)OC(=O)CCCCCCCCCCCCCCCCCCC. The van der Waals surface area contributed by atoms with Crippen molar-refractivity contribution >= 4 is 17.9 Å². The number of hydrogen-bond donors (Lipinski definition) is 0. The zero-order valence-corrected chi connectivity index (χ0v) is 46.1. The van der Waals surface area contributed by atoms with E-state index in [-0.39, 0.29) is 37.5 Å². The fourth-order valence-electron chi connectivity index (χ4n) is 8.79. The smallest absolute Gasteiger partial charge is 0.306 e. The molecule has 0 heterocycles. The molecule has 0 aliphatic rings. The topological polar surface area (TPSA) is 78.9 Å². The summed E-state index contributed by atoms with van der Waals surface area (Å²) in [6, 6.07) is 0. The van der Waals surface area contributed by atoms with Gasteiger partial charge in [-0.1, -0.05) is 288 Å². The van der Waals surface area contributed by atoms with E-state index in [9.17, 15) is 14.4 Å². The van der Waals surface area contributed by atoms with Gasteiger partial charge in [0, 0.05) is 19.3 Å². The largest absolute Gasteiger partial charge is 0.462 e. The van der Waals surface area contributed by atoms with Crippen molar-refractivity contribution in [2.24, 2.45) is 0 Å². The van der Waals surface area contributed by atoms with Gasteiger partial charge < -0.3 is 14.2 Å². The number of carbonyl (C=O) groups excluding carboxylic acids is 3. The molecule has 0 rings (SSSR count). The molecule has 6 nitrogen and oxygen atoms in total. The minimum absolute atomic E-state index is 0.0852. The molecule has 0 spiro atoms. The first-order valence-electron chi connectivity index (χ1n) is 30.1. The highest BCUT2D eigenvalue weighted by Gasteiger charge is 2.19. The first-order valence-corrected chi connectivity index (χ1v) is 30.1. The maximum Gasteiger partial charge on any atom is 0.306 e. The number of esters is 3. The minimum Gasteiger partial charge on any atom is -0.462 e. The second-order valence-electron chi connectivity index (χ2n) is 20.3. The van der Waals surface area contributed by atoms with Crippen LogP contribution in [0.15, 0.2) is 48.6 Å². The molecule has 0 aliphatic carbocycles. The molecule has 0 amide bonds. The summed E-state index contributed by atoms with van der Waals surface area (Å²) in [6.45, 7) is 6.62. The molecule has 0 aromatic heterocycles. The van der Waals surface area contributed by atoms with Gasteiger partial charge in [-0.25, -0.2) is 0 Å². The minimum atomic E-state index is -0.791. The number of allylic oxidation sites excluding steroid dienone is 8. The van der Waals surface area contributed by atoms with Gasteiger partial charge in [-0.15, -0.1) is 0 Å². The normalized spacial score (nSPS) is 12.3. The highest BCUT2D eigenvalue weighted by molar-refractivity contribution is 5.71. The van der Waals surface area contributed by atoms with E-state index in [0.717, 1.165) is 64.2 Å². The summed E-state index contributed by atoms with van der Waals surface area (Å²) in [5.41, 5.74) is 0. The van der Waals surface area contributed by atoms with Gasteiger partial charge in [0.25, 0.3) is 0 Å². The van der Waals surface area contributed by atoms with Gasteiger partial charge >= 0.3 is 17.9 Å². The summed E-state index contributed by atoms with van der Waals surface area (Å²) in [4.78, 5) is 38.2. The molecule has 0 bridgehead atoms. The van der Waals surface area contributed by atoms with Crippen LogP contribution < -0.4 is 0 Å². The Morgan fingerprint density at radius 2 is 0.536 bits per heavy atom. The molecule has 0 fully saturated rings. The van der Waals surface area contributed by atoms with Gasteiger partial charge in [0.1, 0.15) is 13.2 Å².